The van der Waals surface area contributed by atoms with E-state index in [2.05, 4.69) is 26.1 Å². The van der Waals surface area contributed by atoms with Crippen molar-refractivity contribution in [3.8, 4) is 0 Å². The molecule has 102 valence electrons. The van der Waals surface area contributed by atoms with Gasteiger partial charge in [-0.3, -0.25) is 0 Å². The molecule has 0 saturated carbocycles. The molecule has 0 spiro atoms. The van der Waals surface area contributed by atoms with E-state index in [-0.39, 0.29) is 0 Å². The molecule has 0 aliphatic heterocycles. The summed E-state index contributed by atoms with van der Waals surface area (Å²) in [6.07, 6.45) is 2.27. The third-order valence-corrected chi connectivity index (χ3v) is 4.15. The predicted octanol–water partition coefficient (Wildman–Crippen LogP) is 5.12. The molecular weight excluding hydrogens is 265 g/mol. The summed E-state index contributed by atoms with van der Waals surface area (Å²) in [6.45, 7) is 8.62. The van der Waals surface area contributed by atoms with E-state index in [9.17, 15) is 0 Å². The van der Waals surface area contributed by atoms with Gasteiger partial charge in [0.05, 0.1) is 0 Å². The summed E-state index contributed by atoms with van der Waals surface area (Å²) in [7, 11) is 0. The lowest BCUT2D eigenvalue weighted by Gasteiger charge is -2.26. The van der Waals surface area contributed by atoms with Crippen LogP contribution in [0.4, 0.5) is 0 Å². The first-order valence-corrected chi connectivity index (χ1v) is 7.52. The van der Waals surface area contributed by atoms with Crippen molar-refractivity contribution in [2.45, 2.75) is 39.5 Å². The second-order valence-corrected chi connectivity index (χ2v) is 5.65. The molecule has 0 aliphatic carbocycles. The minimum Gasteiger partial charge on any atom is -0.316 e. The monoisotopic (exact) mass is 287 g/mol. The van der Waals surface area contributed by atoms with Gasteiger partial charge in [-0.15, -0.1) is 0 Å². The molecule has 1 nitrogen and oxygen atoms in total. The average molecular weight is 288 g/mol. The molecule has 1 aromatic carbocycles. The highest BCUT2D eigenvalue weighted by Gasteiger charge is 2.22. The molecule has 0 amide bonds. The second kappa shape index (κ2) is 8.04. The predicted molar refractivity (Wildman–Crippen MR) is 81.8 cm³/mol. The van der Waals surface area contributed by atoms with Gasteiger partial charge in [0.1, 0.15) is 0 Å². The van der Waals surface area contributed by atoms with Crippen LogP contribution in [0.5, 0.6) is 0 Å². The van der Waals surface area contributed by atoms with Crippen LogP contribution in [-0.4, -0.2) is 13.1 Å². The maximum Gasteiger partial charge on any atom is 0.0456 e. The fourth-order valence-electron chi connectivity index (χ4n) is 2.17. The van der Waals surface area contributed by atoms with E-state index in [0.717, 1.165) is 41.5 Å². The van der Waals surface area contributed by atoms with Crippen LogP contribution in [0, 0.1) is 5.92 Å². The van der Waals surface area contributed by atoms with E-state index in [1.807, 2.05) is 18.2 Å². The highest BCUT2D eigenvalue weighted by Crippen LogP contribution is 2.36. The number of halogens is 2. The zero-order valence-electron chi connectivity index (χ0n) is 11.5. The number of hydrogen-bond donors (Lipinski definition) is 1. The van der Waals surface area contributed by atoms with Crippen molar-refractivity contribution in [3.63, 3.8) is 0 Å². The molecule has 0 aromatic heterocycles. The lowest BCUT2D eigenvalue weighted by Crippen LogP contribution is -2.26. The summed E-state index contributed by atoms with van der Waals surface area (Å²) in [4.78, 5) is 0. The van der Waals surface area contributed by atoms with Gasteiger partial charge in [0.25, 0.3) is 0 Å². The zero-order valence-corrected chi connectivity index (χ0v) is 13.0. The maximum atomic E-state index is 6.33. The summed E-state index contributed by atoms with van der Waals surface area (Å²) in [6, 6.07) is 5.76. The Morgan fingerprint density at radius 2 is 1.78 bits per heavy atom. The number of nitrogens with one attached hydrogen (secondary N) is 1. The quantitative estimate of drug-likeness (QED) is 0.686. The zero-order chi connectivity index (χ0) is 13.5. The largest absolute Gasteiger partial charge is 0.316 e. The molecule has 2 unspecified atom stereocenters. The Labute approximate surface area is 121 Å². The molecule has 3 heteroatoms. The van der Waals surface area contributed by atoms with Crippen LogP contribution in [0.25, 0.3) is 0 Å². The molecule has 18 heavy (non-hydrogen) atoms. The molecule has 2 atom stereocenters. The van der Waals surface area contributed by atoms with Crippen LogP contribution in [0.3, 0.4) is 0 Å². The Kier molecular flexibility index (Phi) is 7.06. The van der Waals surface area contributed by atoms with Crippen molar-refractivity contribution in [1.29, 1.82) is 0 Å². The van der Waals surface area contributed by atoms with E-state index >= 15 is 0 Å². The lowest BCUT2D eigenvalue weighted by molar-refractivity contribution is 0.421. The van der Waals surface area contributed by atoms with Crippen LogP contribution >= 0.6 is 23.2 Å². The number of benzene rings is 1. The van der Waals surface area contributed by atoms with Crippen molar-refractivity contribution in [1.82, 2.24) is 5.32 Å². The van der Waals surface area contributed by atoms with Gasteiger partial charge in [-0.25, -0.2) is 0 Å². The summed E-state index contributed by atoms with van der Waals surface area (Å²) in [5.74, 6) is 0.939. The molecule has 0 saturated heterocycles. The minimum absolute atomic E-state index is 0.378. The highest BCUT2D eigenvalue weighted by atomic mass is 35.5. The van der Waals surface area contributed by atoms with Gasteiger partial charge >= 0.3 is 0 Å². The summed E-state index contributed by atoms with van der Waals surface area (Å²) < 4.78 is 0. The van der Waals surface area contributed by atoms with Gasteiger partial charge in [0.2, 0.25) is 0 Å². The molecule has 0 radical (unpaired) electrons. The highest BCUT2D eigenvalue weighted by molar-refractivity contribution is 6.36. The Balaban J connectivity index is 2.94. The normalized spacial score (nSPS) is 14.5. The molecule has 1 rings (SSSR count). The van der Waals surface area contributed by atoms with Gasteiger partial charge in [0.15, 0.2) is 0 Å². The summed E-state index contributed by atoms with van der Waals surface area (Å²) in [5, 5.41) is 5.05. The Hall–Kier alpha value is -0.240. The van der Waals surface area contributed by atoms with Crippen molar-refractivity contribution in [2.75, 3.05) is 13.1 Å². The standard InChI is InChI=1S/C15H23Cl2N/c1-4-9-18-10-12(11(3)5-2)15-13(16)7-6-8-14(15)17/h6-8,11-12,18H,4-5,9-10H2,1-3H3. The molecule has 0 aliphatic rings. The van der Waals surface area contributed by atoms with Crippen LogP contribution in [0.2, 0.25) is 10.0 Å². The first kappa shape index (κ1) is 15.8. The van der Waals surface area contributed by atoms with E-state index in [0.29, 0.717) is 11.8 Å². The van der Waals surface area contributed by atoms with Gasteiger partial charge in [-0.2, -0.15) is 0 Å². The molecule has 1 N–H and O–H groups in total. The van der Waals surface area contributed by atoms with E-state index in [4.69, 9.17) is 23.2 Å². The van der Waals surface area contributed by atoms with Gasteiger partial charge < -0.3 is 5.32 Å². The van der Waals surface area contributed by atoms with Crippen LogP contribution in [0.1, 0.15) is 45.1 Å². The van der Waals surface area contributed by atoms with Crippen LogP contribution in [-0.2, 0) is 0 Å². The Morgan fingerprint density at radius 1 is 1.17 bits per heavy atom. The average Bonchev–Trinajstić information content (AvgIpc) is 2.36. The third kappa shape index (κ3) is 4.15. The molecule has 0 fully saturated rings. The van der Waals surface area contributed by atoms with E-state index in [1.54, 1.807) is 0 Å². The van der Waals surface area contributed by atoms with Crippen molar-refractivity contribution < 1.29 is 0 Å². The van der Waals surface area contributed by atoms with Gasteiger partial charge in [0, 0.05) is 22.5 Å². The molecule has 0 heterocycles. The molecular formula is C15H23Cl2N. The molecule has 1 aromatic rings. The SMILES string of the molecule is CCCNCC(c1c(Cl)cccc1Cl)C(C)CC. The van der Waals surface area contributed by atoms with Crippen LogP contribution in [0.15, 0.2) is 18.2 Å². The second-order valence-electron chi connectivity index (χ2n) is 4.83. The fraction of sp³-hybridized carbons (Fsp3) is 0.600. The third-order valence-electron chi connectivity index (χ3n) is 3.49. The van der Waals surface area contributed by atoms with Crippen molar-refractivity contribution in [2.24, 2.45) is 5.92 Å². The van der Waals surface area contributed by atoms with E-state index in [1.165, 1.54) is 0 Å². The summed E-state index contributed by atoms with van der Waals surface area (Å²) >= 11 is 12.7. The maximum absolute atomic E-state index is 6.33. The lowest BCUT2D eigenvalue weighted by atomic mass is 9.85. The Morgan fingerprint density at radius 3 is 2.28 bits per heavy atom. The molecule has 0 bridgehead atoms. The van der Waals surface area contributed by atoms with Crippen LogP contribution < -0.4 is 5.32 Å². The first-order valence-electron chi connectivity index (χ1n) is 6.76. The topological polar surface area (TPSA) is 12.0 Å². The first-order chi connectivity index (χ1) is 8.61. The van der Waals surface area contributed by atoms with Crippen molar-refractivity contribution in [3.05, 3.63) is 33.8 Å². The van der Waals surface area contributed by atoms with E-state index < -0.39 is 0 Å². The Bertz CT molecular complexity index is 345. The fourth-order valence-corrected chi connectivity index (χ4v) is 2.85. The van der Waals surface area contributed by atoms with Gasteiger partial charge in [-0.1, -0.05) is 56.5 Å². The van der Waals surface area contributed by atoms with Crippen molar-refractivity contribution >= 4 is 23.2 Å². The smallest absolute Gasteiger partial charge is 0.0456 e. The summed E-state index contributed by atoms with van der Waals surface area (Å²) in [5.41, 5.74) is 1.10. The van der Waals surface area contributed by atoms with Gasteiger partial charge in [-0.05, 0) is 36.6 Å². The number of rotatable bonds is 7. The minimum atomic E-state index is 0.378. The number of hydrogen-bond acceptors (Lipinski definition) is 1.